The van der Waals surface area contributed by atoms with Gasteiger partial charge in [0.25, 0.3) is 0 Å². The third kappa shape index (κ3) is 3.89. The molecule has 0 aromatic heterocycles. The second-order valence-corrected chi connectivity index (χ2v) is 5.83. The van der Waals surface area contributed by atoms with Crippen molar-refractivity contribution in [2.24, 2.45) is 0 Å². The number of nitriles is 1. The van der Waals surface area contributed by atoms with E-state index in [2.05, 4.69) is 0 Å². The first-order valence-corrected chi connectivity index (χ1v) is 6.84. The second-order valence-electron chi connectivity index (χ2n) is 3.68. The maximum atomic E-state index is 11.6. The van der Waals surface area contributed by atoms with Gasteiger partial charge in [0.15, 0.2) is 9.84 Å². The predicted molar refractivity (Wildman–Crippen MR) is 64.3 cm³/mol. The Morgan fingerprint density at radius 2 is 2.12 bits per heavy atom. The van der Waals surface area contributed by atoms with Crippen LogP contribution >= 0.6 is 0 Å². The van der Waals surface area contributed by atoms with Crippen LogP contribution in [0.2, 0.25) is 0 Å². The van der Waals surface area contributed by atoms with Crippen molar-refractivity contribution in [1.82, 2.24) is 0 Å². The zero-order chi connectivity index (χ0) is 13.1. The van der Waals surface area contributed by atoms with Crippen molar-refractivity contribution in [3.05, 3.63) is 29.8 Å². The van der Waals surface area contributed by atoms with Gasteiger partial charge in [0, 0.05) is 19.0 Å². The number of anilines is 1. The summed E-state index contributed by atoms with van der Waals surface area (Å²) in [7, 11) is -1.87. The highest BCUT2D eigenvalue weighted by Crippen LogP contribution is 2.14. The van der Waals surface area contributed by atoms with Gasteiger partial charge in [-0.3, -0.25) is 4.79 Å². The Hall–Kier alpha value is -1.87. The molecule has 17 heavy (non-hydrogen) atoms. The molecule has 1 rings (SSSR count). The van der Waals surface area contributed by atoms with Gasteiger partial charge in [0.1, 0.15) is 5.75 Å². The lowest BCUT2D eigenvalue weighted by molar-refractivity contribution is -0.115. The van der Waals surface area contributed by atoms with E-state index in [4.69, 9.17) is 5.26 Å². The van der Waals surface area contributed by atoms with Crippen LogP contribution in [0.4, 0.5) is 5.69 Å². The Morgan fingerprint density at radius 3 is 2.65 bits per heavy atom. The number of amides is 1. The quantitative estimate of drug-likeness (QED) is 0.787. The molecule has 5 nitrogen and oxygen atoms in total. The summed E-state index contributed by atoms with van der Waals surface area (Å²) in [5.41, 5.74) is 0.916. The van der Waals surface area contributed by atoms with E-state index >= 15 is 0 Å². The first-order chi connectivity index (χ1) is 7.83. The minimum atomic E-state index is -3.35. The monoisotopic (exact) mass is 252 g/mol. The highest BCUT2D eigenvalue weighted by molar-refractivity contribution is 7.91. The van der Waals surface area contributed by atoms with Crippen LogP contribution in [-0.4, -0.2) is 33.4 Å². The van der Waals surface area contributed by atoms with Crippen LogP contribution in [-0.2, 0) is 14.6 Å². The van der Waals surface area contributed by atoms with Gasteiger partial charge in [-0.15, -0.1) is 0 Å². The van der Waals surface area contributed by atoms with Crippen molar-refractivity contribution in [1.29, 1.82) is 5.26 Å². The maximum Gasteiger partial charge on any atom is 0.241 e. The van der Waals surface area contributed by atoms with Gasteiger partial charge in [0.2, 0.25) is 5.91 Å². The summed E-state index contributed by atoms with van der Waals surface area (Å²) in [6.07, 6.45) is 1.00. The minimum Gasteiger partial charge on any atom is -0.315 e. The van der Waals surface area contributed by atoms with Crippen LogP contribution in [0.3, 0.4) is 0 Å². The predicted octanol–water partition coefficient (Wildman–Crippen LogP) is 0.566. The van der Waals surface area contributed by atoms with Crippen LogP contribution in [0.1, 0.15) is 5.56 Å². The van der Waals surface area contributed by atoms with Crippen LogP contribution in [0.5, 0.6) is 0 Å². The molecule has 0 atom stereocenters. The maximum absolute atomic E-state index is 11.6. The minimum absolute atomic E-state index is 0.418. The average Bonchev–Trinajstić information content (AvgIpc) is 2.26. The summed E-state index contributed by atoms with van der Waals surface area (Å²) >= 11 is 0. The summed E-state index contributed by atoms with van der Waals surface area (Å²) < 4.78 is 22.0. The van der Waals surface area contributed by atoms with E-state index < -0.39 is 21.5 Å². The third-order valence-electron chi connectivity index (χ3n) is 2.12. The fraction of sp³-hybridized carbons (Fsp3) is 0.273. The molecule has 6 heteroatoms. The van der Waals surface area contributed by atoms with E-state index in [-0.39, 0.29) is 0 Å². The average molecular weight is 252 g/mol. The topological polar surface area (TPSA) is 78.2 Å². The van der Waals surface area contributed by atoms with Crippen molar-refractivity contribution in [2.75, 3.05) is 24.0 Å². The highest BCUT2D eigenvalue weighted by atomic mass is 32.2. The molecule has 0 saturated heterocycles. The molecular formula is C11H12N2O3S. The van der Waals surface area contributed by atoms with Crippen LogP contribution in [0.15, 0.2) is 24.3 Å². The zero-order valence-electron chi connectivity index (χ0n) is 9.54. The normalized spacial score (nSPS) is 10.6. The Bertz CT molecular complexity index is 573. The zero-order valence-corrected chi connectivity index (χ0v) is 10.4. The Labute approximate surface area is 100 Å². The molecule has 0 heterocycles. The Kier molecular flexibility index (Phi) is 3.86. The number of hydrogen-bond donors (Lipinski definition) is 0. The van der Waals surface area contributed by atoms with Gasteiger partial charge < -0.3 is 4.90 Å². The van der Waals surface area contributed by atoms with E-state index in [9.17, 15) is 13.2 Å². The number of benzene rings is 1. The van der Waals surface area contributed by atoms with E-state index in [1.807, 2.05) is 6.07 Å². The lowest BCUT2D eigenvalue weighted by Gasteiger charge is -2.16. The number of carbonyl (C=O) groups is 1. The number of sulfone groups is 1. The lowest BCUT2D eigenvalue weighted by atomic mass is 10.2. The highest BCUT2D eigenvalue weighted by Gasteiger charge is 2.16. The molecule has 1 aromatic carbocycles. The molecule has 0 aliphatic rings. The number of hydrogen-bond acceptors (Lipinski definition) is 4. The summed E-state index contributed by atoms with van der Waals surface area (Å²) in [5.74, 6) is -1.07. The summed E-state index contributed by atoms with van der Waals surface area (Å²) in [6.45, 7) is 0. The standard InChI is InChI=1S/C11H12N2O3S/c1-13(11(14)8-17(2,15)16)10-5-3-4-9(6-10)7-12/h3-6H,8H2,1-2H3. The van der Waals surface area contributed by atoms with Gasteiger partial charge >= 0.3 is 0 Å². The first-order valence-electron chi connectivity index (χ1n) is 4.78. The fourth-order valence-corrected chi connectivity index (χ4v) is 1.89. The molecule has 0 radical (unpaired) electrons. The number of nitrogens with zero attached hydrogens (tertiary/aromatic N) is 2. The number of carbonyl (C=O) groups excluding carboxylic acids is 1. The molecule has 0 bridgehead atoms. The van der Waals surface area contributed by atoms with Gasteiger partial charge in [-0.2, -0.15) is 5.26 Å². The molecular weight excluding hydrogens is 240 g/mol. The molecule has 0 fully saturated rings. The molecule has 0 aliphatic heterocycles. The van der Waals surface area contributed by atoms with Gasteiger partial charge in [-0.25, -0.2) is 8.42 Å². The fourth-order valence-electron chi connectivity index (χ4n) is 1.25. The van der Waals surface area contributed by atoms with E-state index in [1.54, 1.807) is 18.2 Å². The Morgan fingerprint density at radius 1 is 1.47 bits per heavy atom. The number of rotatable bonds is 3. The second kappa shape index (κ2) is 4.97. The van der Waals surface area contributed by atoms with Crippen LogP contribution in [0, 0.1) is 11.3 Å². The summed E-state index contributed by atoms with van der Waals surface area (Å²) in [5, 5.41) is 8.72. The van der Waals surface area contributed by atoms with Gasteiger partial charge in [-0.05, 0) is 18.2 Å². The van der Waals surface area contributed by atoms with Crippen molar-refractivity contribution in [3.63, 3.8) is 0 Å². The van der Waals surface area contributed by atoms with Crippen molar-refractivity contribution in [2.45, 2.75) is 0 Å². The smallest absolute Gasteiger partial charge is 0.241 e. The molecule has 0 aliphatic carbocycles. The van der Waals surface area contributed by atoms with Gasteiger partial charge in [0.05, 0.1) is 11.6 Å². The van der Waals surface area contributed by atoms with Gasteiger partial charge in [-0.1, -0.05) is 6.07 Å². The van der Waals surface area contributed by atoms with E-state index in [0.29, 0.717) is 11.3 Å². The molecule has 1 amide bonds. The summed E-state index contributed by atoms with van der Waals surface area (Å²) in [6, 6.07) is 8.37. The van der Waals surface area contributed by atoms with Crippen molar-refractivity contribution in [3.8, 4) is 6.07 Å². The van der Waals surface area contributed by atoms with Crippen molar-refractivity contribution < 1.29 is 13.2 Å². The van der Waals surface area contributed by atoms with Crippen LogP contribution < -0.4 is 4.90 Å². The molecule has 0 saturated carbocycles. The SMILES string of the molecule is CN(C(=O)CS(C)(=O)=O)c1cccc(C#N)c1. The summed E-state index contributed by atoms with van der Waals surface area (Å²) in [4.78, 5) is 12.8. The first kappa shape index (κ1) is 13.2. The molecule has 0 N–H and O–H groups in total. The lowest BCUT2D eigenvalue weighted by Crippen LogP contribution is -2.32. The van der Waals surface area contributed by atoms with E-state index in [1.165, 1.54) is 18.0 Å². The third-order valence-corrected chi connectivity index (χ3v) is 2.89. The molecule has 1 aromatic rings. The van der Waals surface area contributed by atoms with Crippen molar-refractivity contribution >= 4 is 21.4 Å². The largest absolute Gasteiger partial charge is 0.315 e. The molecule has 0 unspecified atom stereocenters. The van der Waals surface area contributed by atoms with E-state index in [0.717, 1.165) is 6.26 Å². The molecule has 0 spiro atoms. The van der Waals surface area contributed by atoms with Crippen LogP contribution in [0.25, 0.3) is 0 Å². The Balaban J connectivity index is 2.93. The molecule has 90 valence electrons.